The third-order valence-corrected chi connectivity index (χ3v) is 4.43. The van der Waals surface area contributed by atoms with Crippen LogP contribution in [0.2, 0.25) is 0 Å². The number of aromatic hydroxyl groups is 1. The van der Waals surface area contributed by atoms with Crippen LogP contribution in [0.1, 0.15) is 18.3 Å². The molecule has 0 fully saturated rings. The zero-order valence-corrected chi connectivity index (χ0v) is 13.1. The first-order valence-electron chi connectivity index (χ1n) is 6.89. The second-order valence-corrected chi connectivity index (χ2v) is 5.81. The van der Waals surface area contributed by atoms with Crippen molar-refractivity contribution in [3.8, 4) is 27.6 Å². The fourth-order valence-electron chi connectivity index (χ4n) is 2.54. The summed E-state index contributed by atoms with van der Waals surface area (Å²) in [6, 6.07) is 7.18. The average Bonchev–Trinajstić information content (AvgIpc) is 3.03. The Kier molecular flexibility index (Phi) is 3.51. The van der Waals surface area contributed by atoms with Gasteiger partial charge in [-0.05, 0) is 32.9 Å². The summed E-state index contributed by atoms with van der Waals surface area (Å²) < 4.78 is 2.00. The first kappa shape index (κ1) is 13.8. The number of hydrogen-bond acceptors (Lipinski definition) is 4. The number of aromatic nitrogens is 3. The summed E-state index contributed by atoms with van der Waals surface area (Å²) in [5.41, 5.74) is 5.14. The van der Waals surface area contributed by atoms with Gasteiger partial charge in [0, 0.05) is 28.7 Å². The van der Waals surface area contributed by atoms with Crippen molar-refractivity contribution in [3.05, 3.63) is 41.0 Å². The maximum Gasteiger partial charge on any atom is 0.124 e. The normalized spacial score (nSPS) is 11.0. The lowest BCUT2D eigenvalue weighted by Crippen LogP contribution is -1.98. The van der Waals surface area contributed by atoms with Crippen molar-refractivity contribution < 1.29 is 5.11 Å². The molecule has 0 unspecified atom stereocenters. The minimum Gasteiger partial charge on any atom is -0.508 e. The van der Waals surface area contributed by atoms with Crippen LogP contribution in [0.3, 0.4) is 0 Å². The summed E-state index contributed by atoms with van der Waals surface area (Å²) in [5.74, 6) is 0.260. The van der Waals surface area contributed by atoms with Crippen molar-refractivity contribution in [2.75, 3.05) is 0 Å². The number of benzene rings is 1. The highest BCUT2D eigenvalue weighted by Crippen LogP contribution is 2.33. The molecule has 5 heteroatoms. The molecule has 2 aromatic heterocycles. The van der Waals surface area contributed by atoms with Crippen LogP contribution in [0.4, 0.5) is 0 Å². The van der Waals surface area contributed by atoms with E-state index in [1.807, 2.05) is 23.7 Å². The number of rotatable bonds is 3. The highest BCUT2D eigenvalue weighted by Gasteiger charge is 2.16. The average molecular weight is 299 g/mol. The number of hydrogen-bond donors (Lipinski definition) is 1. The van der Waals surface area contributed by atoms with Crippen molar-refractivity contribution in [1.29, 1.82) is 0 Å². The van der Waals surface area contributed by atoms with Crippen LogP contribution in [0.25, 0.3) is 21.8 Å². The summed E-state index contributed by atoms with van der Waals surface area (Å²) in [6.45, 7) is 7.03. The monoisotopic (exact) mass is 299 g/mol. The van der Waals surface area contributed by atoms with Crippen molar-refractivity contribution >= 4 is 11.3 Å². The quantitative estimate of drug-likeness (QED) is 0.795. The Balaban J connectivity index is 2.05. The summed E-state index contributed by atoms with van der Waals surface area (Å²) in [4.78, 5) is 4.72. The first-order valence-corrected chi connectivity index (χ1v) is 7.77. The number of phenols is 1. The molecule has 2 heterocycles. The Morgan fingerprint density at radius 1 is 1.29 bits per heavy atom. The molecule has 3 aromatic rings. The topological polar surface area (TPSA) is 50.9 Å². The molecule has 0 saturated heterocycles. The number of nitrogens with zero attached hydrogens (tertiary/aromatic N) is 3. The molecule has 0 spiro atoms. The van der Waals surface area contributed by atoms with Gasteiger partial charge in [-0.3, -0.25) is 4.68 Å². The van der Waals surface area contributed by atoms with Crippen LogP contribution in [0, 0.1) is 13.8 Å². The smallest absolute Gasteiger partial charge is 0.124 e. The molecule has 0 bridgehead atoms. The van der Waals surface area contributed by atoms with Crippen molar-refractivity contribution in [2.45, 2.75) is 27.3 Å². The molecule has 4 nitrogen and oxygen atoms in total. The summed E-state index contributed by atoms with van der Waals surface area (Å²) in [5, 5.41) is 17.1. The van der Waals surface area contributed by atoms with E-state index in [1.54, 1.807) is 23.5 Å². The van der Waals surface area contributed by atoms with Gasteiger partial charge in [-0.2, -0.15) is 5.10 Å². The predicted molar refractivity (Wildman–Crippen MR) is 85.6 cm³/mol. The van der Waals surface area contributed by atoms with Gasteiger partial charge in [0.05, 0.1) is 11.4 Å². The molecule has 0 aliphatic rings. The van der Waals surface area contributed by atoms with Gasteiger partial charge in [0.15, 0.2) is 0 Å². The van der Waals surface area contributed by atoms with Crippen LogP contribution >= 0.6 is 11.3 Å². The molecular weight excluding hydrogens is 282 g/mol. The molecule has 0 amide bonds. The van der Waals surface area contributed by atoms with Crippen LogP contribution in [-0.4, -0.2) is 19.9 Å². The fraction of sp³-hybridized carbons (Fsp3) is 0.250. The fourth-order valence-corrected chi connectivity index (χ4v) is 3.34. The Labute approximate surface area is 127 Å². The standard InChI is InChI=1S/C16H17N3OS/c1-4-19-11(3)15(10(2)18-19)14-9-21-16(17-14)12-6-5-7-13(20)8-12/h5-9,20H,4H2,1-3H3. The molecule has 0 atom stereocenters. The van der Waals surface area contributed by atoms with E-state index in [-0.39, 0.29) is 5.75 Å². The Morgan fingerprint density at radius 3 is 2.76 bits per heavy atom. The Bertz CT molecular complexity index is 789. The minimum atomic E-state index is 0.260. The maximum absolute atomic E-state index is 9.59. The van der Waals surface area contributed by atoms with Crippen LogP contribution in [0.5, 0.6) is 5.75 Å². The summed E-state index contributed by atoms with van der Waals surface area (Å²) >= 11 is 1.58. The second-order valence-electron chi connectivity index (χ2n) is 4.95. The lowest BCUT2D eigenvalue weighted by atomic mass is 10.1. The van der Waals surface area contributed by atoms with Crippen LogP contribution < -0.4 is 0 Å². The third kappa shape index (κ3) is 2.45. The molecule has 108 valence electrons. The first-order chi connectivity index (χ1) is 10.1. The number of thiazole rings is 1. The molecule has 1 N–H and O–H groups in total. The summed E-state index contributed by atoms with van der Waals surface area (Å²) in [7, 11) is 0. The third-order valence-electron chi connectivity index (χ3n) is 3.53. The van der Waals surface area contributed by atoms with E-state index in [9.17, 15) is 5.11 Å². The van der Waals surface area contributed by atoms with E-state index in [0.717, 1.165) is 39.8 Å². The van der Waals surface area contributed by atoms with E-state index in [0.29, 0.717) is 0 Å². The lowest BCUT2D eigenvalue weighted by molar-refractivity contribution is 0.475. The minimum absolute atomic E-state index is 0.260. The molecule has 21 heavy (non-hydrogen) atoms. The maximum atomic E-state index is 9.59. The lowest BCUT2D eigenvalue weighted by Gasteiger charge is -2.00. The van der Waals surface area contributed by atoms with Crippen molar-refractivity contribution in [1.82, 2.24) is 14.8 Å². The molecule has 0 aliphatic carbocycles. The van der Waals surface area contributed by atoms with Gasteiger partial charge < -0.3 is 5.11 Å². The van der Waals surface area contributed by atoms with E-state index in [2.05, 4.69) is 24.3 Å². The van der Waals surface area contributed by atoms with E-state index >= 15 is 0 Å². The van der Waals surface area contributed by atoms with Gasteiger partial charge in [-0.15, -0.1) is 11.3 Å². The molecular formula is C16H17N3OS. The Morgan fingerprint density at radius 2 is 2.10 bits per heavy atom. The Hall–Kier alpha value is -2.14. The van der Waals surface area contributed by atoms with E-state index in [1.165, 1.54) is 0 Å². The largest absolute Gasteiger partial charge is 0.508 e. The molecule has 1 aromatic carbocycles. The second kappa shape index (κ2) is 5.33. The highest BCUT2D eigenvalue weighted by molar-refractivity contribution is 7.13. The molecule has 3 rings (SSSR count). The highest BCUT2D eigenvalue weighted by atomic mass is 32.1. The van der Waals surface area contributed by atoms with Gasteiger partial charge in [-0.1, -0.05) is 12.1 Å². The van der Waals surface area contributed by atoms with Gasteiger partial charge in [0.1, 0.15) is 10.8 Å². The predicted octanol–water partition coefficient (Wildman–Crippen LogP) is 4.02. The van der Waals surface area contributed by atoms with Crippen molar-refractivity contribution in [3.63, 3.8) is 0 Å². The molecule has 0 radical (unpaired) electrons. The zero-order chi connectivity index (χ0) is 15.0. The van der Waals surface area contributed by atoms with E-state index < -0.39 is 0 Å². The van der Waals surface area contributed by atoms with Crippen molar-refractivity contribution in [2.24, 2.45) is 0 Å². The summed E-state index contributed by atoms with van der Waals surface area (Å²) in [6.07, 6.45) is 0. The SMILES string of the molecule is CCn1nc(C)c(-c2csc(-c3cccc(O)c3)n2)c1C. The zero-order valence-electron chi connectivity index (χ0n) is 12.3. The van der Waals surface area contributed by atoms with E-state index in [4.69, 9.17) is 4.98 Å². The van der Waals surface area contributed by atoms with Gasteiger partial charge in [0.2, 0.25) is 0 Å². The van der Waals surface area contributed by atoms with Gasteiger partial charge >= 0.3 is 0 Å². The number of phenolic OH excluding ortho intramolecular Hbond substituents is 1. The van der Waals surface area contributed by atoms with Crippen LogP contribution in [0.15, 0.2) is 29.6 Å². The van der Waals surface area contributed by atoms with Gasteiger partial charge in [-0.25, -0.2) is 4.98 Å². The van der Waals surface area contributed by atoms with Gasteiger partial charge in [0.25, 0.3) is 0 Å². The number of aryl methyl sites for hydroxylation is 2. The van der Waals surface area contributed by atoms with Crippen LogP contribution in [-0.2, 0) is 6.54 Å². The molecule has 0 saturated carbocycles. The molecule has 0 aliphatic heterocycles.